The number of hydrogen-bond acceptors (Lipinski definition) is 3. The SMILES string of the molecule is NCc1ncc(C(N)=O)c(C(F)F)c1C(F)(F)F. The van der Waals surface area contributed by atoms with Crippen molar-refractivity contribution < 1.29 is 26.7 Å². The fourth-order valence-corrected chi connectivity index (χ4v) is 1.46. The smallest absolute Gasteiger partial charge is 0.366 e. The Morgan fingerprint density at radius 3 is 2.28 bits per heavy atom. The third-order valence-electron chi connectivity index (χ3n) is 2.16. The van der Waals surface area contributed by atoms with Crippen LogP contribution in [-0.2, 0) is 12.7 Å². The highest BCUT2D eigenvalue weighted by atomic mass is 19.4. The van der Waals surface area contributed by atoms with Gasteiger partial charge in [-0.3, -0.25) is 9.78 Å². The molecule has 1 amide bonds. The van der Waals surface area contributed by atoms with Gasteiger partial charge in [-0.25, -0.2) is 8.78 Å². The van der Waals surface area contributed by atoms with Gasteiger partial charge in [0.25, 0.3) is 12.3 Å². The van der Waals surface area contributed by atoms with Crippen LogP contribution in [0, 0.1) is 0 Å². The molecule has 1 aromatic heterocycles. The Balaban J connectivity index is 3.71. The average Bonchev–Trinajstić information content (AvgIpc) is 2.25. The van der Waals surface area contributed by atoms with Crippen molar-refractivity contribution in [1.82, 2.24) is 4.98 Å². The van der Waals surface area contributed by atoms with Gasteiger partial charge in [-0.05, 0) is 0 Å². The summed E-state index contributed by atoms with van der Waals surface area (Å²) in [5.41, 5.74) is 4.86. The molecule has 0 aliphatic heterocycles. The predicted octanol–water partition coefficient (Wildman–Crippen LogP) is 1.60. The van der Waals surface area contributed by atoms with E-state index in [1.165, 1.54) is 0 Å². The maximum Gasteiger partial charge on any atom is 0.418 e. The number of alkyl halides is 5. The monoisotopic (exact) mass is 269 g/mol. The number of primary amides is 1. The Kier molecular flexibility index (Phi) is 3.85. The number of hydrogen-bond donors (Lipinski definition) is 2. The summed E-state index contributed by atoms with van der Waals surface area (Å²) in [5.74, 6) is -1.41. The highest BCUT2D eigenvalue weighted by Gasteiger charge is 2.40. The Morgan fingerprint density at radius 2 is 1.94 bits per heavy atom. The van der Waals surface area contributed by atoms with Gasteiger partial charge in [-0.15, -0.1) is 0 Å². The van der Waals surface area contributed by atoms with E-state index in [1.807, 2.05) is 0 Å². The molecule has 0 radical (unpaired) electrons. The molecule has 1 aromatic rings. The van der Waals surface area contributed by atoms with Crippen LogP contribution in [0.3, 0.4) is 0 Å². The van der Waals surface area contributed by atoms with Crippen LogP contribution in [0.2, 0.25) is 0 Å². The first-order valence-corrected chi connectivity index (χ1v) is 4.57. The molecule has 4 nitrogen and oxygen atoms in total. The van der Waals surface area contributed by atoms with Gasteiger partial charge in [-0.2, -0.15) is 13.2 Å². The summed E-state index contributed by atoms with van der Waals surface area (Å²) < 4.78 is 63.6. The molecule has 0 bridgehead atoms. The predicted molar refractivity (Wildman–Crippen MR) is 50.6 cm³/mol. The van der Waals surface area contributed by atoms with Crippen LogP contribution in [-0.4, -0.2) is 10.9 Å². The minimum absolute atomic E-state index is 0.571. The molecule has 0 spiro atoms. The van der Waals surface area contributed by atoms with Gasteiger partial charge in [-0.1, -0.05) is 0 Å². The molecule has 0 atom stereocenters. The quantitative estimate of drug-likeness (QED) is 0.817. The highest BCUT2D eigenvalue weighted by Crippen LogP contribution is 2.39. The van der Waals surface area contributed by atoms with E-state index in [9.17, 15) is 26.7 Å². The summed E-state index contributed by atoms with van der Waals surface area (Å²) in [6.07, 6.45) is -8.04. The highest BCUT2D eigenvalue weighted by molar-refractivity contribution is 5.94. The van der Waals surface area contributed by atoms with Crippen LogP contribution in [0.15, 0.2) is 6.20 Å². The zero-order valence-corrected chi connectivity index (χ0v) is 8.76. The normalized spacial score (nSPS) is 11.9. The van der Waals surface area contributed by atoms with E-state index < -0.39 is 47.4 Å². The molecule has 0 aliphatic rings. The second-order valence-corrected chi connectivity index (χ2v) is 3.27. The molecule has 4 N–H and O–H groups in total. The van der Waals surface area contributed by atoms with Crippen LogP contribution in [0.4, 0.5) is 22.0 Å². The molecule has 9 heteroatoms. The molecule has 0 aliphatic carbocycles. The summed E-state index contributed by atoms with van der Waals surface area (Å²) in [6.45, 7) is -0.687. The lowest BCUT2D eigenvalue weighted by molar-refractivity contribution is -0.140. The van der Waals surface area contributed by atoms with Gasteiger partial charge in [0.05, 0.1) is 16.8 Å². The van der Waals surface area contributed by atoms with Crippen molar-refractivity contribution in [1.29, 1.82) is 0 Å². The largest absolute Gasteiger partial charge is 0.418 e. The number of halogens is 5. The zero-order chi connectivity index (χ0) is 14.1. The van der Waals surface area contributed by atoms with Crippen molar-refractivity contribution in [2.24, 2.45) is 11.5 Å². The molecule has 0 saturated heterocycles. The van der Waals surface area contributed by atoms with Crippen LogP contribution >= 0.6 is 0 Å². The summed E-state index contributed by atoms with van der Waals surface area (Å²) in [5, 5.41) is 0. The zero-order valence-electron chi connectivity index (χ0n) is 8.76. The molecule has 0 fully saturated rings. The minimum atomic E-state index is -5.10. The maximum atomic E-state index is 12.7. The molecule has 1 heterocycles. The Labute approximate surface area is 97.8 Å². The fourth-order valence-electron chi connectivity index (χ4n) is 1.46. The number of nitrogens with two attached hydrogens (primary N) is 2. The van der Waals surface area contributed by atoms with E-state index in [4.69, 9.17) is 11.5 Å². The number of aromatic nitrogens is 1. The van der Waals surface area contributed by atoms with Gasteiger partial charge in [0.15, 0.2) is 0 Å². The third-order valence-corrected chi connectivity index (χ3v) is 2.16. The standard InChI is InChI=1S/C9H8F5N3O/c10-7(11)5-3(8(16)18)2-17-4(1-15)6(5)9(12,13)14/h2,7H,1,15H2,(H2,16,18). The molecule has 1 rings (SSSR count). The van der Waals surface area contributed by atoms with E-state index in [1.54, 1.807) is 0 Å². The molecular formula is C9H8F5N3O. The minimum Gasteiger partial charge on any atom is -0.366 e. The van der Waals surface area contributed by atoms with Crippen LogP contribution in [0.1, 0.15) is 33.6 Å². The molecule has 100 valence electrons. The van der Waals surface area contributed by atoms with Gasteiger partial charge in [0, 0.05) is 18.3 Å². The lowest BCUT2D eigenvalue weighted by atomic mass is 10.00. The number of amides is 1. The van der Waals surface area contributed by atoms with E-state index >= 15 is 0 Å². The molecule has 18 heavy (non-hydrogen) atoms. The van der Waals surface area contributed by atoms with Crippen LogP contribution < -0.4 is 11.5 Å². The first kappa shape index (κ1) is 14.3. The molecule has 0 saturated carbocycles. The van der Waals surface area contributed by atoms with Crippen molar-refractivity contribution in [3.8, 4) is 0 Å². The second kappa shape index (κ2) is 4.84. The van der Waals surface area contributed by atoms with E-state index in [-0.39, 0.29) is 0 Å². The fraction of sp³-hybridized carbons (Fsp3) is 0.333. The number of rotatable bonds is 3. The van der Waals surface area contributed by atoms with Gasteiger partial charge in [0.2, 0.25) is 0 Å². The van der Waals surface area contributed by atoms with Crippen molar-refractivity contribution in [2.45, 2.75) is 19.1 Å². The van der Waals surface area contributed by atoms with Crippen molar-refractivity contribution in [2.75, 3.05) is 0 Å². The summed E-state index contributed by atoms with van der Waals surface area (Å²) in [7, 11) is 0. The number of carbonyl (C=O) groups excluding carboxylic acids is 1. The number of carbonyl (C=O) groups is 1. The van der Waals surface area contributed by atoms with E-state index in [2.05, 4.69) is 4.98 Å². The Morgan fingerprint density at radius 1 is 1.39 bits per heavy atom. The third kappa shape index (κ3) is 2.55. The van der Waals surface area contributed by atoms with E-state index in [0.29, 0.717) is 6.20 Å². The molecular weight excluding hydrogens is 261 g/mol. The first-order chi connectivity index (χ1) is 8.20. The summed E-state index contributed by atoms with van der Waals surface area (Å²) in [6, 6.07) is 0. The van der Waals surface area contributed by atoms with Crippen molar-refractivity contribution in [3.05, 3.63) is 28.6 Å². The molecule has 0 aromatic carbocycles. The van der Waals surface area contributed by atoms with Gasteiger partial charge in [0.1, 0.15) is 0 Å². The van der Waals surface area contributed by atoms with E-state index in [0.717, 1.165) is 0 Å². The Hall–Kier alpha value is -1.77. The topological polar surface area (TPSA) is 82.0 Å². The van der Waals surface area contributed by atoms with Crippen LogP contribution in [0.5, 0.6) is 0 Å². The summed E-state index contributed by atoms with van der Waals surface area (Å²) in [4.78, 5) is 14.1. The number of pyridine rings is 1. The van der Waals surface area contributed by atoms with Crippen LogP contribution in [0.25, 0.3) is 0 Å². The van der Waals surface area contributed by atoms with Crippen molar-refractivity contribution >= 4 is 5.91 Å². The molecule has 0 unspecified atom stereocenters. The second-order valence-electron chi connectivity index (χ2n) is 3.27. The van der Waals surface area contributed by atoms with Gasteiger partial charge >= 0.3 is 6.18 Å². The van der Waals surface area contributed by atoms with Crippen molar-refractivity contribution in [3.63, 3.8) is 0 Å². The lowest BCUT2D eigenvalue weighted by Crippen LogP contribution is -2.23. The Bertz CT molecular complexity index is 472. The maximum absolute atomic E-state index is 12.7. The lowest BCUT2D eigenvalue weighted by Gasteiger charge is -2.17. The first-order valence-electron chi connectivity index (χ1n) is 4.57. The van der Waals surface area contributed by atoms with Gasteiger partial charge < -0.3 is 11.5 Å². The average molecular weight is 269 g/mol. The number of nitrogens with zero attached hydrogens (tertiary/aromatic N) is 1. The summed E-state index contributed by atoms with van der Waals surface area (Å²) >= 11 is 0.